The largest absolute Gasteiger partial charge is 0.463 e. The van der Waals surface area contributed by atoms with Gasteiger partial charge < -0.3 is 9.47 Å². The highest BCUT2D eigenvalue weighted by atomic mass is 19.4. The predicted molar refractivity (Wildman–Crippen MR) is 138 cm³/mol. The van der Waals surface area contributed by atoms with Crippen LogP contribution in [-0.2, 0) is 19.1 Å². The van der Waals surface area contributed by atoms with Crippen molar-refractivity contribution in [2.45, 2.75) is 135 Å². The van der Waals surface area contributed by atoms with E-state index < -0.39 is 30.0 Å². The van der Waals surface area contributed by atoms with Crippen molar-refractivity contribution in [3.63, 3.8) is 0 Å². The van der Waals surface area contributed by atoms with Crippen molar-refractivity contribution < 1.29 is 45.4 Å². The van der Waals surface area contributed by atoms with E-state index in [4.69, 9.17) is 4.74 Å². The van der Waals surface area contributed by atoms with Gasteiger partial charge in [0.25, 0.3) is 6.10 Å². The highest BCUT2D eigenvalue weighted by molar-refractivity contribution is 5.87. The molecular weight excluding hydrogens is 514 g/mol. The summed E-state index contributed by atoms with van der Waals surface area (Å²) in [5.74, 6) is -2.04. The van der Waals surface area contributed by atoms with Gasteiger partial charge in [-0.05, 0) is 13.3 Å². The van der Waals surface area contributed by atoms with Crippen LogP contribution >= 0.6 is 0 Å². The zero-order valence-electron chi connectivity index (χ0n) is 23.0. The van der Waals surface area contributed by atoms with Gasteiger partial charge in [0, 0.05) is 11.6 Å². The van der Waals surface area contributed by atoms with E-state index in [-0.39, 0.29) is 5.97 Å². The first-order valence-electron chi connectivity index (χ1n) is 13.6. The van der Waals surface area contributed by atoms with Crippen molar-refractivity contribution in [3.8, 4) is 0 Å². The van der Waals surface area contributed by atoms with Crippen LogP contribution in [0.15, 0.2) is 24.8 Å². The molecule has 0 saturated carbocycles. The smallest absolute Gasteiger partial charge is 0.434 e. The molecule has 38 heavy (non-hydrogen) atoms. The molecule has 0 aliphatic carbocycles. The summed E-state index contributed by atoms with van der Waals surface area (Å²) in [5, 5.41) is 0. The minimum Gasteiger partial charge on any atom is -0.463 e. The minimum atomic E-state index is -5.69. The first kappa shape index (κ1) is 38.1. The van der Waals surface area contributed by atoms with E-state index in [0.717, 1.165) is 13.3 Å². The number of carbonyl (C=O) groups excluding carboxylic acids is 2. The molecule has 4 nitrogen and oxygen atoms in total. The number of halogens is 6. The maximum atomic E-state index is 11.8. The fourth-order valence-electron chi connectivity index (χ4n) is 3.41. The number of esters is 2. The molecule has 0 bridgehead atoms. The monoisotopic (exact) mass is 560 g/mol. The van der Waals surface area contributed by atoms with Crippen molar-refractivity contribution in [1.82, 2.24) is 0 Å². The number of alkyl halides is 6. The summed E-state index contributed by atoms with van der Waals surface area (Å²) in [7, 11) is 0. The molecule has 0 aromatic heterocycles. The van der Waals surface area contributed by atoms with Gasteiger partial charge in [0.1, 0.15) is 0 Å². The van der Waals surface area contributed by atoms with Gasteiger partial charge >= 0.3 is 24.3 Å². The molecule has 0 fully saturated rings. The lowest BCUT2D eigenvalue weighted by Crippen LogP contribution is -2.45. The summed E-state index contributed by atoms with van der Waals surface area (Å²) in [4.78, 5) is 21.4. The van der Waals surface area contributed by atoms with E-state index in [1.54, 1.807) is 0 Å². The van der Waals surface area contributed by atoms with E-state index >= 15 is 0 Å². The second-order valence-corrected chi connectivity index (χ2v) is 9.32. The quantitative estimate of drug-likeness (QED) is 0.0644. The molecule has 0 rings (SSSR count). The van der Waals surface area contributed by atoms with Crippen LogP contribution < -0.4 is 0 Å². The Balaban J connectivity index is 0. The van der Waals surface area contributed by atoms with Crippen LogP contribution in [0.5, 0.6) is 0 Å². The summed E-state index contributed by atoms with van der Waals surface area (Å²) < 4.78 is 79.1. The molecule has 0 spiro atoms. The van der Waals surface area contributed by atoms with E-state index in [1.165, 1.54) is 102 Å². The number of hydrogen-bond acceptors (Lipinski definition) is 4. The molecular formula is C28H46F6O4. The van der Waals surface area contributed by atoms with Gasteiger partial charge in [0.2, 0.25) is 0 Å². The highest BCUT2D eigenvalue weighted by Crippen LogP contribution is 2.36. The number of rotatable bonds is 20. The Morgan fingerprint density at radius 3 is 1.34 bits per heavy atom. The first-order valence-corrected chi connectivity index (χ1v) is 13.6. The van der Waals surface area contributed by atoms with Crippen molar-refractivity contribution in [2.24, 2.45) is 0 Å². The molecule has 0 atom stereocenters. The summed E-state index contributed by atoms with van der Waals surface area (Å²) >= 11 is 0. The van der Waals surface area contributed by atoms with Crippen LogP contribution in [0, 0.1) is 0 Å². The number of hydrogen-bond donors (Lipinski definition) is 0. The van der Waals surface area contributed by atoms with Crippen LogP contribution in [-0.4, -0.2) is 37.0 Å². The van der Waals surface area contributed by atoms with Crippen LogP contribution in [0.1, 0.15) is 117 Å². The Morgan fingerprint density at radius 2 is 1.05 bits per heavy atom. The van der Waals surface area contributed by atoms with Crippen molar-refractivity contribution in [1.29, 1.82) is 0 Å². The van der Waals surface area contributed by atoms with Gasteiger partial charge in [-0.25, -0.2) is 9.59 Å². The Labute approximate surface area is 224 Å². The van der Waals surface area contributed by atoms with Crippen LogP contribution in [0.2, 0.25) is 0 Å². The van der Waals surface area contributed by atoms with E-state index in [9.17, 15) is 35.9 Å². The first-order chi connectivity index (χ1) is 17.8. The van der Waals surface area contributed by atoms with Crippen LogP contribution in [0.3, 0.4) is 0 Å². The molecule has 0 aliphatic rings. The number of carbonyl (C=O) groups is 2. The zero-order chi connectivity index (χ0) is 29.5. The Hall–Kier alpha value is -2.00. The maximum Gasteiger partial charge on any atom is 0.434 e. The standard InChI is InChI=1S/C21H40O2.C7H6F6O2/c1-3-5-6-7-8-9-10-11-12-13-14-15-16-17-18-19-20-23-21(22)4-2;1-3(2)4(14)15-5(6(8,9)10)7(11,12)13/h4H,2-3,5-20H2,1H3;5H,1H2,2H3. The van der Waals surface area contributed by atoms with Gasteiger partial charge in [0.15, 0.2) is 0 Å². The SMILES string of the molecule is C=C(C)C(=O)OC(C(F)(F)F)C(F)(F)F.C=CC(=O)OCCCCCCCCCCCCCCCCCC. The van der Waals surface area contributed by atoms with Gasteiger partial charge in [-0.2, -0.15) is 26.3 Å². The minimum absolute atomic E-state index is 0.300. The molecule has 0 N–H and O–H groups in total. The summed E-state index contributed by atoms with van der Waals surface area (Å²) in [5.41, 5.74) is -0.548. The molecule has 10 heteroatoms. The average Bonchev–Trinajstić information content (AvgIpc) is 2.82. The zero-order valence-corrected chi connectivity index (χ0v) is 23.0. The Kier molecular flexibility index (Phi) is 23.0. The third kappa shape index (κ3) is 24.3. The number of ether oxygens (including phenoxy) is 2. The van der Waals surface area contributed by atoms with E-state index in [2.05, 4.69) is 24.8 Å². The molecule has 0 saturated heterocycles. The fraction of sp³-hybridized carbons (Fsp3) is 0.786. The topological polar surface area (TPSA) is 52.6 Å². The van der Waals surface area contributed by atoms with Crippen LogP contribution in [0.4, 0.5) is 26.3 Å². The Morgan fingerprint density at radius 1 is 0.711 bits per heavy atom. The normalized spacial score (nSPS) is 11.5. The molecule has 0 unspecified atom stereocenters. The highest BCUT2D eigenvalue weighted by Gasteiger charge is 2.59. The van der Waals surface area contributed by atoms with Crippen molar-refractivity contribution in [2.75, 3.05) is 6.61 Å². The van der Waals surface area contributed by atoms with Gasteiger partial charge in [-0.15, -0.1) is 0 Å². The average molecular weight is 561 g/mol. The second-order valence-electron chi connectivity index (χ2n) is 9.32. The summed E-state index contributed by atoms with van der Waals surface area (Å²) in [6, 6.07) is 0. The van der Waals surface area contributed by atoms with Crippen molar-refractivity contribution in [3.05, 3.63) is 24.8 Å². The van der Waals surface area contributed by atoms with Gasteiger partial charge in [-0.3, -0.25) is 0 Å². The van der Waals surface area contributed by atoms with E-state index in [1.807, 2.05) is 0 Å². The lowest BCUT2D eigenvalue weighted by Gasteiger charge is -2.22. The third-order valence-electron chi connectivity index (χ3n) is 5.58. The van der Waals surface area contributed by atoms with Crippen LogP contribution in [0.25, 0.3) is 0 Å². The van der Waals surface area contributed by atoms with Gasteiger partial charge in [0.05, 0.1) is 6.61 Å². The Bertz CT molecular complexity index is 630. The molecule has 0 aromatic carbocycles. The molecule has 0 amide bonds. The second kappa shape index (κ2) is 22.9. The summed E-state index contributed by atoms with van der Waals surface area (Å²) in [6.45, 7) is 10.0. The molecule has 224 valence electrons. The van der Waals surface area contributed by atoms with Gasteiger partial charge in [-0.1, -0.05) is 116 Å². The lowest BCUT2D eigenvalue weighted by molar-refractivity contribution is -0.312. The molecule has 0 aromatic rings. The molecule has 0 aliphatic heterocycles. The predicted octanol–water partition coefficient (Wildman–Crippen LogP) is 9.58. The van der Waals surface area contributed by atoms with E-state index in [0.29, 0.717) is 6.61 Å². The lowest BCUT2D eigenvalue weighted by atomic mass is 10.0. The molecule has 0 heterocycles. The molecule has 0 radical (unpaired) electrons. The summed E-state index contributed by atoms with van der Waals surface area (Å²) in [6.07, 6.45) is 7.48. The maximum absolute atomic E-state index is 11.8. The van der Waals surface area contributed by atoms with Crippen molar-refractivity contribution >= 4 is 11.9 Å². The third-order valence-corrected chi connectivity index (χ3v) is 5.58. The number of unbranched alkanes of at least 4 members (excludes halogenated alkanes) is 15. The fourth-order valence-corrected chi connectivity index (χ4v) is 3.41.